The lowest BCUT2D eigenvalue weighted by Gasteiger charge is -2.59. The number of methoxy groups -OCH3 is 3. The fraction of sp³-hybridized carbons (Fsp3) is 0.636. The number of allylic oxidation sites excluding steroid dienone is 1. The first kappa shape index (κ1) is 18.3. The van der Waals surface area contributed by atoms with Crippen LogP contribution in [0.4, 0.5) is 0 Å². The van der Waals surface area contributed by atoms with Crippen LogP contribution in [-0.4, -0.2) is 26.9 Å². The molecule has 3 nitrogen and oxygen atoms in total. The standard InChI is InChI=1S/C22H32O3/c1-15-9-11-21(20-13-18(23-4)8-7-16(20)2)12-10-19(24-5)14-22(21,25-6)17(15)3/h7-8,13-15,17H,9-12H2,1-6H3/t15-,17?,21+,22?/m1/s1. The van der Waals surface area contributed by atoms with E-state index in [9.17, 15) is 0 Å². The molecule has 0 bridgehead atoms. The highest BCUT2D eigenvalue weighted by Crippen LogP contribution is 2.59. The third kappa shape index (κ3) is 2.59. The molecule has 138 valence electrons. The van der Waals surface area contributed by atoms with Crippen LogP contribution in [0.2, 0.25) is 0 Å². The van der Waals surface area contributed by atoms with Gasteiger partial charge in [0.15, 0.2) is 0 Å². The van der Waals surface area contributed by atoms with Crippen molar-refractivity contribution in [1.29, 1.82) is 0 Å². The van der Waals surface area contributed by atoms with E-state index >= 15 is 0 Å². The minimum Gasteiger partial charge on any atom is -0.501 e. The summed E-state index contributed by atoms with van der Waals surface area (Å²) < 4.78 is 17.6. The highest BCUT2D eigenvalue weighted by molar-refractivity contribution is 5.46. The molecule has 2 aliphatic carbocycles. The van der Waals surface area contributed by atoms with Gasteiger partial charge in [-0.05, 0) is 67.4 Å². The number of ether oxygens (including phenoxy) is 3. The lowest BCUT2D eigenvalue weighted by atomic mass is 9.49. The molecular formula is C22H32O3. The van der Waals surface area contributed by atoms with E-state index in [-0.39, 0.29) is 11.0 Å². The van der Waals surface area contributed by atoms with E-state index in [0.717, 1.165) is 30.8 Å². The molecule has 0 amide bonds. The Hall–Kier alpha value is -1.48. The van der Waals surface area contributed by atoms with Gasteiger partial charge in [-0.15, -0.1) is 0 Å². The Morgan fingerprint density at radius 3 is 2.44 bits per heavy atom. The Morgan fingerprint density at radius 2 is 1.80 bits per heavy atom. The summed E-state index contributed by atoms with van der Waals surface area (Å²) in [6.45, 7) is 6.90. The van der Waals surface area contributed by atoms with Crippen LogP contribution < -0.4 is 4.74 Å². The van der Waals surface area contributed by atoms with E-state index in [1.165, 1.54) is 17.5 Å². The summed E-state index contributed by atoms with van der Waals surface area (Å²) in [4.78, 5) is 0. The highest BCUT2D eigenvalue weighted by Gasteiger charge is 2.60. The molecule has 0 spiro atoms. The van der Waals surface area contributed by atoms with Crippen molar-refractivity contribution in [2.75, 3.05) is 21.3 Å². The first-order valence-electron chi connectivity index (χ1n) is 9.40. The predicted molar refractivity (Wildman–Crippen MR) is 101 cm³/mol. The molecule has 4 atom stereocenters. The first-order chi connectivity index (χ1) is 11.9. The van der Waals surface area contributed by atoms with E-state index < -0.39 is 0 Å². The number of aryl methyl sites for hydroxylation is 1. The molecule has 0 aromatic heterocycles. The molecule has 25 heavy (non-hydrogen) atoms. The zero-order valence-electron chi connectivity index (χ0n) is 16.5. The zero-order valence-corrected chi connectivity index (χ0v) is 16.5. The van der Waals surface area contributed by atoms with Gasteiger partial charge in [0, 0.05) is 18.9 Å². The van der Waals surface area contributed by atoms with Crippen molar-refractivity contribution in [3.63, 3.8) is 0 Å². The summed E-state index contributed by atoms with van der Waals surface area (Å²) in [6.07, 6.45) is 6.65. The summed E-state index contributed by atoms with van der Waals surface area (Å²) in [5.74, 6) is 3.01. The number of fused-ring (bicyclic) bond motifs is 1. The average Bonchev–Trinajstić information content (AvgIpc) is 2.65. The molecule has 1 saturated carbocycles. The minimum absolute atomic E-state index is 0.0334. The van der Waals surface area contributed by atoms with Crippen molar-refractivity contribution in [2.45, 2.75) is 57.5 Å². The summed E-state index contributed by atoms with van der Waals surface area (Å²) in [6, 6.07) is 6.47. The van der Waals surface area contributed by atoms with Gasteiger partial charge in [-0.3, -0.25) is 0 Å². The Morgan fingerprint density at radius 1 is 1.04 bits per heavy atom. The summed E-state index contributed by atoms with van der Waals surface area (Å²) in [5, 5.41) is 0. The fourth-order valence-corrected chi connectivity index (χ4v) is 5.34. The van der Waals surface area contributed by atoms with Gasteiger partial charge in [0.1, 0.15) is 11.4 Å². The van der Waals surface area contributed by atoms with Crippen LogP contribution in [0.3, 0.4) is 0 Å². The quantitative estimate of drug-likeness (QED) is 0.768. The van der Waals surface area contributed by atoms with Gasteiger partial charge in [0.05, 0.1) is 20.0 Å². The third-order valence-corrected chi connectivity index (χ3v) is 7.04. The zero-order chi connectivity index (χ0) is 18.2. The molecule has 2 unspecified atom stereocenters. The molecule has 0 saturated heterocycles. The second-order valence-corrected chi connectivity index (χ2v) is 7.88. The Labute approximate surface area is 152 Å². The van der Waals surface area contributed by atoms with Gasteiger partial charge in [-0.25, -0.2) is 0 Å². The van der Waals surface area contributed by atoms with Gasteiger partial charge in [0.25, 0.3) is 0 Å². The third-order valence-electron chi connectivity index (χ3n) is 7.04. The number of hydrogen-bond acceptors (Lipinski definition) is 3. The van der Waals surface area contributed by atoms with Gasteiger partial charge in [-0.1, -0.05) is 19.9 Å². The Bertz CT molecular complexity index is 665. The second-order valence-electron chi connectivity index (χ2n) is 7.88. The molecular weight excluding hydrogens is 312 g/mol. The topological polar surface area (TPSA) is 27.7 Å². The lowest BCUT2D eigenvalue weighted by molar-refractivity contribution is -0.128. The van der Waals surface area contributed by atoms with E-state index in [4.69, 9.17) is 14.2 Å². The van der Waals surface area contributed by atoms with Gasteiger partial charge >= 0.3 is 0 Å². The molecule has 3 rings (SSSR count). The monoisotopic (exact) mass is 344 g/mol. The molecule has 3 heteroatoms. The Balaban J connectivity index is 2.25. The molecule has 0 heterocycles. The number of rotatable bonds is 4. The highest BCUT2D eigenvalue weighted by atomic mass is 16.5. The largest absolute Gasteiger partial charge is 0.501 e. The van der Waals surface area contributed by atoms with E-state index in [1.807, 2.05) is 7.11 Å². The van der Waals surface area contributed by atoms with Gasteiger partial charge in [-0.2, -0.15) is 0 Å². The molecule has 1 aromatic carbocycles. The summed E-state index contributed by atoms with van der Waals surface area (Å²) in [5.41, 5.74) is 2.32. The molecule has 0 N–H and O–H groups in total. The maximum absolute atomic E-state index is 6.39. The van der Waals surface area contributed by atoms with Crippen molar-refractivity contribution < 1.29 is 14.2 Å². The van der Waals surface area contributed by atoms with Crippen LogP contribution >= 0.6 is 0 Å². The van der Waals surface area contributed by atoms with Crippen LogP contribution in [0.15, 0.2) is 30.0 Å². The van der Waals surface area contributed by atoms with Crippen LogP contribution in [0, 0.1) is 18.8 Å². The smallest absolute Gasteiger partial charge is 0.119 e. The van der Waals surface area contributed by atoms with Crippen LogP contribution in [-0.2, 0) is 14.9 Å². The first-order valence-corrected chi connectivity index (χ1v) is 9.40. The lowest BCUT2D eigenvalue weighted by Crippen LogP contribution is -2.62. The van der Waals surface area contributed by atoms with Crippen molar-refractivity contribution in [3.8, 4) is 5.75 Å². The van der Waals surface area contributed by atoms with Crippen LogP contribution in [0.25, 0.3) is 0 Å². The molecule has 1 fully saturated rings. The normalized spacial score (nSPS) is 34.9. The molecule has 2 aliphatic rings. The minimum atomic E-state index is -0.342. The maximum atomic E-state index is 6.39. The average molecular weight is 344 g/mol. The number of benzene rings is 1. The van der Waals surface area contributed by atoms with Crippen LogP contribution in [0.5, 0.6) is 5.75 Å². The fourth-order valence-electron chi connectivity index (χ4n) is 5.34. The van der Waals surface area contributed by atoms with Crippen molar-refractivity contribution in [1.82, 2.24) is 0 Å². The number of hydrogen-bond donors (Lipinski definition) is 0. The second kappa shape index (κ2) is 6.68. The molecule has 0 radical (unpaired) electrons. The Kier molecular flexibility index (Phi) is 4.89. The maximum Gasteiger partial charge on any atom is 0.119 e. The van der Waals surface area contributed by atoms with E-state index in [1.54, 1.807) is 14.2 Å². The predicted octanol–water partition coefficient (Wildman–Crippen LogP) is 5.02. The summed E-state index contributed by atoms with van der Waals surface area (Å²) >= 11 is 0. The van der Waals surface area contributed by atoms with Crippen molar-refractivity contribution >= 4 is 0 Å². The molecule has 0 aliphatic heterocycles. The SMILES string of the molecule is COC1=CC2(OC)C(C)[C@H](C)CC[C@@]2(c2cc(OC)ccc2C)CC1. The van der Waals surface area contributed by atoms with Gasteiger partial charge < -0.3 is 14.2 Å². The van der Waals surface area contributed by atoms with Crippen LogP contribution in [0.1, 0.15) is 50.7 Å². The van der Waals surface area contributed by atoms with Crippen molar-refractivity contribution in [3.05, 3.63) is 41.2 Å². The summed E-state index contributed by atoms with van der Waals surface area (Å²) in [7, 11) is 5.38. The van der Waals surface area contributed by atoms with E-state index in [0.29, 0.717) is 11.8 Å². The van der Waals surface area contributed by atoms with E-state index in [2.05, 4.69) is 45.0 Å². The molecule has 1 aromatic rings. The van der Waals surface area contributed by atoms with Gasteiger partial charge in [0.2, 0.25) is 0 Å². The van der Waals surface area contributed by atoms with Crippen molar-refractivity contribution in [2.24, 2.45) is 11.8 Å².